The van der Waals surface area contributed by atoms with Gasteiger partial charge in [0.15, 0.2) is 0 Å². The van der Waals surface area contributed by atoms with Gasteiger partial charge in [-0.1, -0.05) is 11.6 Å². The molecule has 0 fully saturated rings. The van der Waals surface area contributed by atoms with Crippen molar-refractivity contribution < 1.29 is 13.5 Å². The highest BCUT2D eigenvalue weighted by molar-refractivity contribution is 9.10. The topological polar surface area (TPSA) is 22.1 Å². The predicted molar refractivity (Wildman–Crippen MR) is 63.4 cm³/mol. The van der Waals surface area contributed by atoms with Crippen molar-refractivity contribution in [2.75, 3.05) is 0 Å². The monoisotopic (exact) mass is 319 g/mol. The minimum atomic E-state index is -0.728. The minimum absolute atomic E-state index is 0.000720. The van der Waals surface area contributed by atoms with Gasteiger partial charge in [0.1, 0.15) is 22.4 Å². The Balaban J connectivity index is 2.31. The van der Waals surface area contributed by atoms with Gasteiger partial charge < -0.3 is 4.74 Å². The lowest BCUT2D eigenvalue weighted by molar-refractivity contribution is 0.451. The van der Waals surface area contributed by atoms with Gasteiger partial charge in [-0.05, 0) is 22.0 Å². The van der Waals surface area contributed by atoms with Crippen molar-refractivity contribution in [3.8, 4) is 11.6 Å². The van der Waals surface area contributed by atoms with Crippen LogP contribution in [0.5, 0.6) is 11.6 Å². The summed E-state index contributed by atoms with van der Waals surface area (Å²) in [6.07, 6.45) is 1.47. The molecule has 2 aromatic rings. The number of hydrogen-bond acceptors (Lipinski definition) is 2. The van der Waals surface area contributed by atoms with E-state index in [1.54, 1.807) is 6.07 Å². The van der Waals surface area contributed by atoms with Crippen LogP contribution in [0.3, 0.4) is 0 Å². The third-order valence-electron chi connectivity index (χ3n) is 1.82. The van der Waals surface area contributed by atoms with Crippen LogP contribution < -0.4 is 4.74 Å². The van der Waals surface area contributed by atoms with E-state index in [1.165, 1.54) is 6.20 Å². The van der Waals surface area contributed by atoms with E-state index in [0.29, 0.717) is 4.47 Å². The maximum atomic E-state index is 12.9. The summed E-state index contributed by atoms with van der Waals surface area (Å²) in [6.45, 7) is 0. The van der Waals surface area contributed by atoms with Crippen LogP contribution >= 0.6 is 27.5 Å². The van der Waals surface area contributed by atoms with Crippen molar-refractivity contribution in [2.24, 2.45) is 0 Å². The van der Waals surface area contributed by atoms with Gasteiger partial charge in [0.25, 0.3) is 0 Å². The van der Waals surface area contributed by atoms with Crippen LogP contribution in [0.2, 0.25) is 5.02 Å². The SMILES string of the molecule is Fc1cc(F)cc(Oc2ncc(Br)cc2Cl)c1. The molecule has 0 aliphatic heterocycles. The maximum Gasteiger partial charge on any atom is 0.238 e. The van der Waals surface area contributed by atoms with Gasteiger partial charge in [0, 0.05) is 28.9 Å². The average molecular weight is 321 g/mol. The van der Waals surface area contributed by atoms with Crippen molar-refractivity contribution in [3.05, 3.63) is 51.6 Å². The molecule has 0 spiro atoms. The number of benzene rings is 1. The number of rotatable bonds is 2. The van der Waals surface area contributed by atoms with Gasteiger partial charge in [-0.15, -0.1) is 0 Å². The quantitative estimate of drug-likeness (QED) is 0.809. The van der Waals surface area contributed by atoms with Crippen LogP contribution in [0.4, 0.5) is 8.78 Å². The fourth-order valence-electron chi connectivity index (χ4n) is 1.18. The second-order valence-electron chi connectivity index (χ2n) is 3.15. The van der Waals surface area contributed by atoms with Crippen molar-refractivity contribution in [1.82, 2.24) is 4.98 Å². The summed E-state index contributed by atoms with van der Waals surface area (Å²) >= 11 is 9.04. The van der Waals surface area contributed by atoms with Crippen LogP contribution in [0, 0.1) is 11.6 Å². The van der Waals surface area contributed by atoms with E-state index in [9.17, 15) is 8.78 Å². The molecule has 1 aromatic heterocycles. The standard InChI is InChI=1S/C11H5BrClF2NO/c12-6-1-10(13)11(16-5-6)17-9-3-7(14)2-8(15)4-9/h1-5H. The molecule has 1 heterocycles. The lowest BCUT2D eigenvalue weighted by Crippen LogP contribution is -1.91. The summed E-state index contributed by atoms with van der Waals surface area (Å²) in [6, 6.07) is 4.41. The number of pyridine rings is 1. The van der Waals surface area contributed by atoms with Crippen molar-refractivity contribution >= 4 is 27.5 Å². The number of aromatic nitrogens is 1. The molecular weight excluding hydrogens is 315 g/mol. The van der Waals surface area contributed by atoms with Gasteiger partial charge >= 0.3 is 0 Å². The molecule has 0 saturated heterocycles. The lowest BCUT2D eigenvalue weighted by atomic mass is 10.3. The largest absolute Gasteiger partial charge is 0.437 e. The van der Waals surface area contributed by atoms with Crippen LogP contribution in [0.1, 0.15) is 0 Å². The first-order valence-electron chi connectivity index (χ1n) is 4.49. The fraction of sp³-hybridized carbons (Fsp3) is 0. The zero-order chi connectivity index (χ0) is 12.4. The van der Waals surface area contributed by atoms with Crippen LogP contribution in [-0.4, -0.2) is 4.98 Å². The van der Waals surface area contributed by atoms with Crippen molar-refractivity contribution in [3.63, 3.8) is 0 Å². The summed E-state index contributed by atoms with van der Waals surface area (Å²) in [5, 5.41) is 0.240. The fourth-order valence-corrected chi connectivity index (χ4v) is 1.84. The van der Waals surface area contributed by atoms with E-state index in [2.05, 4.69) is 20.9 Å². The van der Waals surface area contributed by atoms with Crippen molar-refractivity contribution in [1.29, 1.82) is 0 Å². The molecular formula is C11H5BrClF2NO. The molecule has 0 unspecified atom stereocenters. The van der Waals surface area contributed by atoms with Crippen LogP contribution in [0.25, 0.3) is 0 Å². The highest BCUT2D eigenvalue weighted by Gasteiger charge is 2.07. The molecule has 88 valence electrons. The molecule has 17 heavy (non-hydrogen) atoms. The first kappa shape index (κ1) is 12.3. The predicted octanol–water partition coefficient (Wildman–Crippen LogP) is 4.57. The summed E-state index contributed by atoms with van der Waals surface area (Å²) < 4.78 is 31.7. The number of halogens is 4. The summed E-state index contributed by atoms with van der Waals surface area (Å²) in [5.41, 5.74) is 0. The molecule has 6 heteroatoms. The number of nitrogens with zero attached hydrogens (tertiary/aromatic N) is 1. The molecule has 0 N–H and O–H groups in total. The molecule has 0 atom stereocenters. The smallest absolute Gasteiger partial charge is 0.238 e. The van der Waals surface area contributed by atoms with Crippen molar-refractivity contribution in [2.45, 2.75) is 0 Å². The first-order valence-corrected chi connectivity index (χ1v) is 5.67. The van der Waals surface area contributed by atoms with Crippen LogP contribution in [0.15, 0.2) is 34.9 Å². The highest BCUT2D eigenvalue weighted by atomic mass is 79.9. The van der Waals surface area contributed by atoms with Crippen LogP contribution in [-0.2, 0) is 0 Å². The Bertz CT molecular complexity index is 545. The number of ether oxygens (including phenoxy) is 1. The van der Waals surface area contributed by atoms with Gasteiger partial charge in [-0.3, -0.25) is 0 Å². The second kappa shape index (κ2) is 4.98. The minimum Gasteiger partial charge on any atom is -0.437 e. The van der Waals surface area contributed by atoms with Gasteiger partial charge in [0.2, 0.25) is 5.88 Å². The third-order valence-corrected chi connectivity index (χ3v) is 2.53. The molecule has 0 aliphatic carbocycles. The van der Waals surface area contributed by atoms with E-state index in [4.69, 9.17) is 16.3 Å². The normalized spacial score (nSPS) is 10.4. The second-order valence-corrected chi connectivity index (χ2v) is 4.47. The molecule has 0 radical (unpaired) electrons. The third kappa shape index (κ3) is 3.14. The Morgan fingerprint density at radius 2 is 1.76 bits per heavy atom. The van der Waals surface area contributed by atoms with Gasteiger partial charge in [-0.2, -0.15) is 0 Å². The lowest BCUT2D eigenvalue weighted by Gasteiger charge is -2.06. The molecule has 0 bridgehead atoms. The van der Waals surface area contributed by atoms with E-state index in [1.807, 2.05) is 0 Å². The highest BCUT2D eigenvalue weighted by Crippen LogP contribution is 2.29. The Labute approximate surface area is 109 Å². The Morgan fingerprint density at radius 3 is 2.35 bits per heavy atom. The summed E-state index contributed by atoms with van der Waals surface area (Å²) in [5.74, 6) is -1.37. The Morgan fingerprint density at radius 1 is 1.12 bits per heavy atom. The first-order chi connectivity index (χ1) is 8.04. The zero-order valence-corrected chi connectivity index (χ0v) is 10.6. The van der Waals surface area contributed by atoms with E-state index >= 15 is 0 Å². The maximum absolute atomic E-state index is 12.9. The molecule has 2 nitrogen and oxygen atoms in total. The molecule has 0 amide bonds. The van der Waals surface area contributed by atoms with E-state index in [-0.39, 0.29) is 16.7 Å². The summed E-state index contributed by atoms with van der Waals surface area (Å²) in [7, 11) is 0. The van der Waals surface area contributed by atoms with E-state index < -0.39 is 11.6 Å². The van der Waals surface area contributed by atoms with Gasteiger partial charge in [-0.25, -0.2) is 13.8 Å². The Kier molecular flexibility index (Phi) is 3.59. The summed E-state index contributed by atoms with van der Waals surface area (Å²) in [4.78, 5) is 3.89. The molecule has 0 aliphatic rings. The Hall–Kier alpha value is -1.20. The average Bonchev–Trinajstić information content (AvgIpc) is 2.21. The van der Waals surface area contributed by atoms with Gasteiger partial charge in [0.05, 0.1) is 0 Å². The zero-order valence-electron chi connectivity index (χ0n) is 8.25. The molecule has 2 rings (SSSR count). The number of hydrogen-bond donors (Lipinski definition) is 0. The van der Waals surface area contributed by atoms with E-state index in [0.717, 1.165) is 18.2 Å². The molecule has 1 aromatic carbocycles. The molecule has 0 saturated carbocycles.